The number of ether oxygens (including phenoxy) is 1. The number of fused-ring (bicyclic) bond motifs is 1. The van der Waals surface area contributed by atoms with Crippen LogP contribution in [0.5, 0.6) is 0 Å². The third-order valence-corrected chi connectivity index (χ3v) is 4.92. The highest BCUT2D eigenvalue weighted by molar-refractivity contribution is 5.83. The average molecular weight is 315 g/mol. The Morgan fingerprint density at radius 3 is 2.61 bits per heavy atom. The fourth-order valence-corrected chi connectivity index (χ4v) is 3.46. The van der Waals surface area contributed by atoms with Crippen molar-refractivity contribution < 1.29 is 4.74 Å². The summed E-state index contributed by atoms with van der Waals surface area (Å²) in [6, 6.07) is 8.74. The first-order valence-corrected chi connectivity index (χ1v) is 8.74. The molecule has 2 heterocycles. The van der Waals surface area contributed by atoms with E-state index in [9.17, 15) is 0 Å². The monoisotopic (exact) mass is 315 g/mol. The van der Waals surface area contributed by atoms with Crippen LogP contribution in [0.15, 0.2) is 30.5 Å². The number of aromatic nitrogens is 1. The van der Waals surface area contributed by atoms with Gasteiger partial charge >= 0.3 is 0 Å². The van der Waals surface area contributed by atoms with E-state index >= 15 is 0 Å². The number of para-hydroxylation sites is 1. The zero-order chi connectivity index (χ0) is 16.1. The van der Waals surface area contributed by atoms with Gasteiger partial charge in [0.1, 0.15) is 0 Å². The molecule has 0 amide bonds. The molecule has 1 aliphatic heterocycles. The van der Waals surface area contributed by atoms with Crippen molar-refractivity contribution in [1.29, 1.82) is 0 Å². The van der Waals surface area contributed by atoms with Crippen LogP contribution in [0.1, 0.15) is 12.0 Å². The molecule has 3 rings (SSSR count). The Labute approximate surface area is 139 Å². The first kappa shape index (κ1) is 16.5. The second-order valence-corrected chi connectivity index (χ2v) is 6.61. The van der Waals surface area contributed by atoms with Crippen LogP contribution in [0.2, 0.25) is 0 Å². The molecule has 0 aliphatic carbocycles. The minimum absolute atomic E-state index is 0.763. The van der Waals surface area contributed by atoms with Gasteiger partial charge in [-0.25, -0.2) is 0 Å². The van der Waals surface area contributed by atoms with E-state index in [-0.39, 0.29) is 0 Å². The summed E-state index contributed by atoms with van der Waals surface area (Å²) in [6.45, 7) is 7.74. The molecule has 1 aromatic carbocycles. The topological polar surface area (TPSA) is 20.6 Å². The van der Waals surface area contributed by atoms with Crippen LogP contribution in [-0.4, -0.2) is 67.9 Å². The van der Waals surface area contributed by atoms with E-state index < -0.39 is 0 Å². The number of methoxy groups -OCH3 is 1. The van der Waals surface area contributed by atoms with Crippen molar-refractivity contribution in [2.24, 2.45) is 0 Å². The van der Waals surface area contributed by atoms with E-state index in [1.807, 2.05) is 0 Å². The summed E-state index contributed by atoms with van der Waals surface area (Å²) in [5.74, 6) is 0. The minimum Gasteiger partial charge on any atom is -0.383 e. The van der Waals surface area contributed by atoms with Crippen LogP contribution in [0, 0.1) is 0 Å². The van der Waals surface area contributed by atoms with E-state index in [0.29, 0.717) is 0 Å². The van der Waals surface area contributed by atoms with Crippen LogP contribution in [0.4, 0.5) is 0 Å². The molecule has 4 heteroatoms. The molecule has 23 heavy (non-hydrogen) atoms. The zero-order valence-electron chi connectivity index (χ0n) is 14.5. The molecule has 4 nitrogen and oxygen atoms in total. The average Bonchev–Trinajstić information content (AvgIpc) is 2.93. The maximum Gasteiger partial charge on any atom is 0.0641 e. The number of hydrogen-bond donors (Lipinski definition) is 0. The lowest BCUT2D eigenvalue weighted by Gasteiger charge is -2.32. The van der Waals surface area contributed by atoms with E-state index in [0.717, 1.165) is 19.6 Å². The molecule has 0 radical (unpaired) electrons. The largest absolute Gasteiger partial charge is 0.383 e. The predicted molar refractivity (Wildman–Crippen MR) is 96.1 cm³/mol. The molecular weight excluding hydrogens is 286 g/mol. The molecule has 0 atom stereocenters. The maximum absolute atomic E-state index is 5.24. The summed E-state index contributed by atoms with van der Waals surface area (Å²) in [6.07, 6.45) is 4.72. The molecule has 0 spiro atoms. The van der Waals surface area contributed by atoms with E-state index in [1.165, 1.54) is 55.6 Å². The number of benzene rings is 1. The smallest absolute Gasteiger partial charge is 0.0641 e. The molecule has 126 valence electrons. The van der Waals surface area contributed by atoms with Crippen molar-refractivity contribution >= 4 is 10.9 Å². The third-order valence-electron chi connectivity index (χ3n) is 4.92. The van der Waals surface area contributed by atoms with Gasteiger partial charge in [-0.1, -0.05) is 18.2 Å². The van der Waals surface area contributed by atoms with E-state index in [1.54, 1.807) is 7.11 Å². The van der Waals surface area contributed by atoms with Gasteiger partial charge in [-0.2, -0.15) is 0 Å². The number of rotatable bonds is 7. The van der Waals surface area contributed by atoms with Crippen molar-refractivity contribution in [3.8, 4) is 0 Å². The van der Waals surface area contributed by atoms with Gasteiger partial charge in [0.15, 0.2) is 0 Å². The fraction of sp³-hybridized carbons (Fsp3) is 0.579. The lowest BCUT2D eigenvalue weighted by molar-refractivity contribution is 0.153. The first-order chi connectivity index (χ1) is 11.3. The molecule has 1 fully saturated rings. The van der Waals surface area contributed by atoms with Crippen molar-refractivity contribution in [3.05, 3.63) is 36.0 Å². The van der Waals surface area contributed by atoms with Crippen LogP contribution in [0.25, 0.3) is 10.9 Å². The van der Waals surface area contributed by atoms with Gasteiger partial charge in [0.2, 0.25) is 0 Å². The maximum atomic E-state index is 5.24. The number of aryl methyl sites for hydroxylation is 1. The second kappa shape index (κ2) is 7.95. The van der Waals surface area contributed by atoms with Gasteiger partial charge in [-0.05, 0) is 38.1 Å². The molecule has 2 aromatic rings. The number of hydrogen-bond acceptors (Lipinski definition) is 3. The Bertz CT molecular complexity index is 614. The molecule has 1 aliphatic rings. The van der Waals surface area contributed by atoms with Gasteiger partial charge in [0, 0.05) is 56.9 Å². The van der Waals surface area contributed by atoms with Crippen molar-refractivity contribution in [1.82, 2.24) is 14.4 Å². The summed E-state index contributed by atoms with van der Waals surface area (Å²) >= 11 is 0. The van der Waals surface area contributed by atoms with E-state index in [4.69, 9.17) is 4.74 Å². The quantitative estimate of drug-likeness (QED) is 0.783. The summed E-state index contributed by atoms with van der Waals surface area (Å²) in [5, 5.41) is 1.40. The van der Waals surface area contributed by atoms with Gasteiger partial charge in [-0.3, -0.25) is 0 Å². The highest BCUT2D eigenvalue weighted by atomic mass is 16.5. The lowest BCUT2D eigenvalue weighted by Crippen LogP contribution is -2.44. The van der Waals surface area contributed by atoms with Crippen LogP contribution in [0.3, 0.4) is 0 Å². The Morgan fingerprint density at radius 2 is 1.83 bits per heavy atom. The minimum atomic E-state index is 0.763. The number of piperazine rings is 1. The second-order valence-electron chi connectivity index (χ2n) is 6.61. The molecule has 0 saturated carbocycles. The molecule has 0 unspecified atom stereocenters. The van der Waals surface area contributed by atoms with Crippen molar-refractivity contribution in [2.75, 3.05) is 53.5 Å². The highest BCUT2D eigenvalue weighted by Gasteiger charge is 2.14. The highest BCUT2D eigenvalue weighted by Crippen LogP contribution is 2.22. The third kappa shape index (κ3) is 4.14. The standard InChI is InChI=1S/C19H29N3O/c1-20-10-12-21(13-11-20)9-5-6-17-16-22(14-15-23-2)19-8-4-3-7-18(17)19/h3-4,7-8,16H,5-6,9-15H2,1-2H3. The summed E-state index contributed by atoms with van der Waals surface area (Å²) < 4.78 is 7.58. The van der Waals surface area contributed by atoms with Gasteiger partial charge in [-0.15, -0.1) is 0 Å². The number of nitrogens with zero attached hydrogens (tertiary/aromatic N) is 3. The summed E-state index contributed by atoms with van der Waals surface area (Å²) in [7, 11) is 3.98. The molecule has 0 N–H and O–H groups in total. The molecule has 1 aromatic heterocycles. The van der Waals surface area contributed by atoms with Crippen LogP contribution in [-0.2, 0) is 17.7 Å². The summed E-state index contributed by atoms with van der Waals surface area (Å²) in [4.78, 5) is 5.02. The fourth-order valence-electron chi connectivity index (χ4n) is 3.46. The van der Waals surface area contributed by atoms with E-state index in [2.05, 4.69) is 51.9 Å². The zero-order valence-corrected chi connectivity index (χ0v) is 14.5. The van der Waals surface area contributed by atoms with Crippen LogP contribution < -0.4 is 0 Å². The molecule has 1 saturated heterocycles. The van der Waals surface area contributed by atoms with Gasteiger partial charge in [0.05, 0.1) is 6.61 Å². The Morgan fingerprint density at radius 1 is 1.04 bits per heavy atom. The van der Waals surface area contributed by atoms with Crippen molar-refractivity contribution in [3.63, 3.8) is 0 Å². The Hall–Kier alpha value is -1.36. The molecular formula is C19H29N3O. The normalized spacial score (nSPS) is 17.1. The van der Waals surface area contributed by atoms with Crippen molar-refractivity contribution in [2.45, 2.75) is 19.4 Å². The lowest BCUT2D eigenvalue weighted by atomic mass is 10.1. The van der Waals surface area contributed by atoms with Gasteiger partial charge < -0.3 is 19.1 Å². The Balaban J connectivity index is 1.61. The molecule has 0 bridgehead atoms. The SMILES string of the molecule is COCCn1cc(CCCN2CCN(C)CC2)c2ccccc21. The summed E-state index contributed by atoms with van der Waals surface area (Å²) in [5.41, 5.74) is 2.81. The van der Waals surface area contributed by atoms with Gasteiger partial charge in [0.25, 0.3) is 0 Å². The van der Waals surface area contributed by atoms with Crippen LogP contribution >= 0.6 is 0 Å². The number of likely N-dealkylation sites (N-methyl/N-ethyl adjacent to an activating group) is 1. The predicted octanol–water partition coefficient (Wildman–Crippen LogP) is 2.47. The Kier molecular flexibility index (Phi) is 5.70. The first-order valence-electron chi connectivity index (χ1n) is 8.74.